The molecule has 2 heteroatoms. The molecule has 0 N–H and O–H groups in total. The first-order valence-electron chi connectivity index (χ1n) is 5.63. The Morgan fingerprint density at radius 1 is 0.846 bits per heavy atom. The lowest BCUT2D eigenvalue weighted by Crippen LogP contribution is -2.47. The van der Waals surface area contributed by atoms with Crippen LogP contribution in [-0.2, 0) is 0 Å². The summed E-state index contributed by atoms with van der Waals surface area (Å²) in [5, 5.41) is 0. The van der Waals surface area contributed by atoms with E-state index in [9.17, 15) is 0 Å². The number of nitrogens with zero attached hydrogens (tertiary/aromatic N) is 2. The second-order valence-corrected chi connectivity index (χ2v) is 4.29. The predicted molar refractivity (Wildman–Crippen MR) is 57.9 cm³/mol. The summed E-state index contributed by atoms with van der Waals surface area (Å²) in [5.41, 5.74) is 0. The Hall–Kier alpha value is -0.0800. The summed E-state index contributed by atoms with van der Waals surface area (Å²) in [6.45, 7) is 9.36. The Kier molecular flexibility index (Phi) is 4.20. The number of hydrogen-bond acceptors (Lipinski definition) is 2. The van der Waals surface area contributed by atoms with Crippen molar-refractivity contribution >= 4 is 0 Å². The molecule has 2 fully saturated rings. The van der Waals surface area contributed by atoms with E-state index in [1.807, 2.05) is 13.8 Å². The van der Waals surface area contributed by atoms with Crippen LogP contribution in [0.15, 0.2) is 0 Å². The van der Waals surface area contributed by atoms with Crippen LogP contribution in [0.4, 0.5) is 0 Å². The molecule has 0 radical (unpaired) electrons. The molecule has 2 saturated heterocycles. The molecule has 0 spiro atoms. The highest BCUT2D eigenvalue weighted by Crippen LogP contribution is 2.29. The number of likely N-dealkylation sites (tertiary alicyclic amines) is 2. The maximum atomic E-state index is 2.46. The summed E-state index contributed by atoms with van der Waals surface area (Å²) in [7, 11) is 4.46. The summed E-state index contributed by atoms with van der Waals surface area (Å²) < 4.78 is 0. The fraction of sp³-hybridized carbons (Fsp3) is 1.00. The van der Waals surface area contributed by atoms with Crippen molar-refractivity contribution in [3.8, 4) is 0 Å². The zero-order chi connectivity index (χ0) is 9.84. The Morgan fingerprint density at radius 2 is 1.38 bits per heavy atom. The molecular formula is C11H24N2. The predicted octanol–water partition coefficient (Wildman–Crippen LogP) is 1.53. The monoisotopic (exact) mass is 184 g/mol. The lowest BCUT2D eigenvalue weighted by molar-refractivity contribution is 0.0864. The van der Waals surface area contributed by atoms with Crippen molar-refractivity contribution in [1.29, 1.82) is 0 Å². The van der Waals surface area contributed by atoms with E-state index in [-0.39, 0.29) is 0 Å². The van der Waals surface area contributed by atoms with E-state index in [1.165, 1.54) is 32.6 Å². The molecule has 1 unspecified atom stereocenters. The molecule has 2 nitrogen and oxygen atoms in total. The van der Waals surface area contributed by atoms with Crippen LogP contribution in [0.25, 0.3) is 0 Å². The lowest BCUT2D eigenvalue weighted by atomic mass is 9.86. The van der Waals surface area contributed by atoms with Crippen LogP contribution >= 0.6 is 0 Å². The van der Waals surface area contributed by atoms with Gasteiger partial charge < -0.3 is 9.80 Å². The number of hydrogen-bond donors (Lipinski definition) is 0. The summed E-state index contributed by atoms with van der Waals surface area (Å²) in [6.07, 6.45) is 1.44. The van der Waals surface area contributed by atoms with Gasteiger partial charge >= 0.3 is 0 Å². The third-order valence-electron chi connectivity index (χ3n) is 3.19. The van der Waals surface area contributed by atoms with Crippen LogP contribution in [0.5, 0.6) is 0 Å². The van der Waals surface area contributed by atoms with E-state index >= 15 is 0 Å². The van der Waals surface area contributed by atoms with Crippen LogP contribution in [-0.4, -0.2) is 50.1 Å². The smallest absolute Gasteiger partial charge is 0.00221 e. The number of rotatable bonds is 1. The Morgan fingerprint density at radius 3 is 1.77 bits per heavy atom. The third kappa shape index (κ3) is 2.68. The molecule has 2 heterocycles. The molecule has 78 valence electrons. The van der Waals surface area contributed by atoms with Crippen molar-refractivity contribution in [2.75, 3.05) is 40.3 Å². The van der Waals surface area contributed by atoms with E-state index < -0.39 is 0 Å². The molecule has 2 aliphatic heterocycles. The van der Waals surface area contributed by atoms with Crippen LogP contribution in [0.1, 0.15) is 20.3 Å². The minimum absolute atomic E-state index is 1.01. The van der Waals surface area contributed by atoms with Gasteiger partial charge in [-0.15, -0.1) is 0 Å². The molecule has 0 aromatic heterocycles. The summed E-state index contributed by atoms with van der Waals surface area (Å²) in [6, 6.07) is 0. The van der Waals surface area contributed by atoms with Gasteiger partial charge in [-0.1, -0.05) is 13.8 Å². The standard InChI is InChI=1S/C9H18N2.C2H6/c1-10-4-3-8(5-10)9-6-11(2)7-9;1-2/h8-9H,3-7H2,1-2H3;1-2H3. The molecule has 1 atom stereocenters. The van der Waals surface area contributed by atoms with E-state index in [2.05, 4.69) is 23.9 Å². The molecule has 0 aromatic rings. The van der Waals surface area contributed by atoms with Crippen molar-refractivity contribution in [3.05, 3.63) is 0 Å². The Labute approximate surface area is 82.9 Å². The molecule has 0 aromatic carbocycles. The van der Waals surface area contributed by atoms with Gasteiger partial charge in [-0.2, -0.15) is 0 Å². The maximum absolute atomic E-state index is 2.46. The zero-order valence-electron chi connectivity index (χ0n) is 9.58. The highest BCUT2D eigenvalue weighted by atomic mass is 15.2. The fourth-order valence-electron chi connectivity index (χ4n) is 2.40. The topological polar surface area (TPSA) is 6.48 Å². The van der Waals surface area contributed by atoms with Gasteiger partial charge in [-0.05, 0) is 38.9 Å². The van der Waals surface area contributed by atoms with E-state index in [0.717, 1.165) is 11.8 Å². The molecule has 0 amide bonds. The minimum atomic E-state index is 1.01. The van der Waals surface area contributed by atoms with Gasteiger partial charge in [0.25, 0.3) is 0 Å². The quantitative estimate of drug-likeness (QED) is 0.610. The van der Waals surface area contributed by atoms with Gasteiger partial charge in [-0.25, -0.2) is 0 Å². The molecule has 2 rings (SSSR count). The summed E-state index contributed by atoms with van der Waals surface area (Å²) in [4.78, 5) is 4.88. The highest BCUT2D eigenvalue weighted by molar-refractivity contribution is 4.87. The van der Waals surface area contributed by atoms with Crippen molar-refractivity contribution in [2.45, 2.75) is 20.3 Å². The SMILES string of the molecule is CC.CN1CCC(C2CN(C)C2)C1. The Bertz CT molecular complexity index is 141. The van der Waals surface area contributed by atoms with Crippen molar-refractivity contribution < 1.29 is 0 Å². The Balaban J connectivity index is 0.000000396. The minimum Gasteiger partial charge on any atom is -0.306 e. The van der Waals surface area contributed by atoms with Crippen LogP contribution in [0.3, 0.4) is 0 Å². The maximum Gasteiger partial charge on any atom is 0.00221 e. The fourth-order valence-corrected chi connectivity index (χ4v) is 2.40. The molecule has 0 bridgehead atoms. The molecular weight excluding hydrogens is 160 g/mol. The van der Waals surface area contributed by atoms with E-state index in [4.69, 9.17) is 0 Å². The van der Waals surface area contributed by atoms with Gasteiger partial charge in [0.1, 0.15) is 0 Å². The molecule has 13 heavy (non-hydrogen) atoms. The normalized spacial score (nSPS) is 30.9. The molecule has 0 aliphatic carbocycles. The van der Waals surface area contributed by atoms with Gasteiger partial charge in [-0.3, -0.25) is 0 Å². The zero-order valence-corrected chi connectivity index (χ0v) is 9.58. The van der Waals surface area contributed by atoms with Crippen LogP contribution < -0.4 is 0 Å². The summed E-state index contributed by atoms with van der Waals surface area (Å²) >= 11 is 0. The van der Waals surface area contributed by atoms with Gasteiger partial charge in [0.15, 0.2) is 0 Å². The van der Waals surface area contributed by atoms with Crippen LogP contribution in [0.2, 0.25) is 0 Å². The van der Waals surface area contributed by atoms with E-state index in [1.54, 1.807) is 0 Å². The third-order valence-corrected chi connectivity index (χ3v) is 3.19. The van der Waals surface area contributed by atoms with Gasteiger partial charge in [0, 0.05) is 19.6 Å². The van der Waals surface area contributed by atoms with Gasteiger partial charge in [0.05, 0.1) is 0 Å². The van der Waals surface area contributed by atoms with E-state index in [0.29, 0.717) is 0 Å². The van der Waals surface area contributed by atoms with Gasteiger partial charge in [0.2, 0.25) is 0 Å². The lowest BCUT2D eigenvalue weighted by Gasteiger charge is -2.40. The molecule has 0 saturated carbocycles. The van der Waals surface area contributed by atoms with Crippen molar-refractivity contribution in [1.82, 2.24) is 9.80 Å². The van der Waals surface area contributed by atoms with Crippen molar-refractivity contribution in [2.24, 2.45) is 11.8 Å². The first-order valence-corrected chi connectivity index (χ1v) is 5.63. The average Bonchev–Trinajstić information content (AvgIpc) is 2.50. The molecule has 2 aliphatic rings. The van der Waals surface area contributed by atoms with Crippen molar-refractivity contribution in [3.63, 3.8) is 0 Å². The first-order chi connectivity index (χ1) is 6.25. The summed E-state index contributed by atoms with van der Waals surface area (Å²) in [5.74, 6) is 2.03. The highest BCUT2D eigenvalue weighted by Gasteiger charge is 2.34. The second-order valence-electron chi connectivity index (χ2n) is 4.29. The second kappa shape index (κ2) is 4.97. The average molecular weight is 184 g/mol. The first kappa shape index (κ1) is 11.0. The van der Waals surface area contributed by atoms with Crippen LogP contribution in [0, 0.1) is 11.8 Å². The largest absolute Gasteiger partial charge is 0.306 e.